The zero-order chi connectivity index (χ0) is 16.8. The fourth-order valence-electron chi connectivity index (χ4n) is 2.31. The van der Waals surface area contributed by atoms with E-state index < -0.39 is 11.6 Å². The summed E-state index contributed by atoms with van der Waals surface area (Å²) >= 11 is 16.7. The molecule has 3 amide bonds. The lowest BCUT2D eigenvalue weighted by molar-refractivity contribution is -0.131. The third kappa shape index (κ3) is 2.98. The number of pyridine rings is 1. The van der Waals surface area contributed by atoms with Gasteiger partial charge in [-0.2, -0.15) is 0 Å². The van der Waals surface area contributed by atoms with Gasteiger partial charge in [-0.05, 0) is 47.1 Å². The molecular weight excluding hydrogens is 425 g/mol. The van der Waals surface area contributed by atoms with Gasteiger partial charge >= 0.3 is 6.03 Å². The van der Waals surface area contributed by atoms with Gasteiger partial charge in [-0.3, -0.25) is 9.69 Å². The maximum atomic E-state index is 12.8. The van der Waals surface area contributed by atoms with Crippen molar-refractivity contribution in [1.29, 1.82) is 0 Å². The van der Waals surface area contributed by atoms with Crippen LogP contribution in [0.2, 0.25) is 10.2 Å². The number of amides is 3. The molecule has 1 atom stereocenters. The summed E-state index contributed by atoms with van der Waals surface area (Å²) < 4.78 is 0.883. The van der Waals surface area contributed by atoms with Crippen LogP contribution in [0.25, 0.3) is 0 Å². The highest BCUT2D eigenvalue weighted by molar-refractivity contribution is 9.11. The molecule has 1 aliphatic heterocycles. The number of rotatable bonds is 3. The molecule has 120 valence electrons. The predicted molar refractivity (Wildman–Crippen MR) is 92.7 cm³/mol. The predicted octanol–water partition coefficient (Wildman–Crippen LogP) is 4.18. The van der Waals surface area contributed by atoms with Gasteiger partial charge in [0.1, 0.15) is 5.15 Å². The van der Waals surface area contributed by atoms with E-state index in [1.807, 2.05) is 6.07 Å². The van der Waals surface area contributed by atoms with Crippen LogP contribution in [-0.4, -0.2) is 21.8 Å². The van der Waals surface area contributed by atoms with E-state index in [0.29, 0.717) is 10.7 Å². The summed E-state index contributed by atoms with van der Waals surface area (Å²) in [6.07, 6.45) is 0. The number of hydrogen-bond acceptors (Lipinski definition) is 4. The second kappa shape index (κ2) is 6.05. The van der Waals surface area contributed by atoms with Crippen molar-refractivity contribution in [3.05, 3.63) is 48.8 Å². The van der Waals surface area contributed by atoms with Crippen LogP contribution in [0, 0.1) is 0 Å². The molecule has 1 saturated heterocycles. The van der Waals surface area contributed by atoms with Crippen molar-refractivity contribution in [1.82, 2.24) is 15.2 Å². The van der Waals surface area contributed by atoms with Crippen LogP contribution in [0.4, 0.5) is 4.79 Å². The molecule has 2 aromatic rings. The summed E-state index contributed by atoms with van der Waals surface area (Å²) in [7, 11) is 0. The number of nitrogens with zero attached hydrogens (tertiary/aromatic N) is 2. The molecule has 23 heavy (non-hydrogen) atoms. The molecule has 0 spiro atoms. The Morgan fingerprint density at radius 3 is 2.70 bits per heavy atom. The first-order chi connectivity index (χ1) is 10.8. The topological polar surface area (TPSA) is 62.3 Å². The second-order valence-electron chi connectivity index (χ2n) is 5.11. The summed E-state index contributed by atoms with van der Waals surface area (Å²) in [5.41, 5.74) is -0.724. The average Bonchev–Trinajstić information content (AvgIpc) is 3.01. The van der Waals surface area contributed by atoms with E-state index in [1.165, 1.54) is 11.3 Å². The Bertz CT molecular complexity index is 813. The molecule has 0 aromatic carbocycles. The lowest BCUT2D eigenvalue weighted by Crippen LogP contribution is -2.40. The van der Waals surface area contributed by atoms with Gasteiger partial charge in [-0.25, -0.2) is 9.78 Å². The minimum Gasteiger partial charge on any atom is -0.319 e. The molecule has 0 saturated carbocycles. The summed E-state index contributed by atoms with van der Waals surface area (Å²) in [4.78, 5) is 31.0. The Labute approximate surface area is 154 Å². The zero-order valence-electron chi connectivity index (χ0n) is 11.8. The molecule has 3 heterocycles. The van der Waals surface area contributed by atoms with Crippen molar-refractivity contribution in [2.45, 2.75) is 19.0 Å². The fraction of sp³-hybridized carbons (Fsp3) is 0.214. The number of carbonyl (C=O) groups is 2. The molecule has 0 bridgehead atoms. The number of hydrogen-bond donors (Lipinski definition) is 1. The Kier molecular flexibility index (Phi) is 4.39. The first kappa shape index (κ1) is 16.7. The Balaban J connectivity index is 1.91. The van der Waals surface area contributed by atoms with E-state index in [1.54, 1.807) is 25.1 Å². The molecule has 1 unspecified atom stereocenters. The Hall–Kier alpha value is -1.15. The first-order valence-corrected chi connectivity index (χ1v) is 8.88. The van der Waals surface area contributed by atoms with Crippen molar-refractivity contribution in [3.63, 3.8) is 0 Å². The first-order valence-electron chi connectivity index (χ1n) is 6.52. The Morgan fingerprint density at radius 2 is 2.04 bits per heavy atom. The third-order valence-corrected chi connectivity index (χ3v) is 5.93. The van der Waals surface area contributed by atoms with Gasteiger partial charge < -0.3 is 5.32 Å². The third-order valence-electron chi connectivity index (χ3n) is 3.53. The molecule has 1 aliphatic rings. The van der Waals surface area contributed by atoms with Crippen LogP contribution in [0.3, 0.4) is 0 Å². The van der Waals surface area contributed by atoms with Gasteiger partial charge in [0.25, 0.3) is 5.91 Å². The van der Waals surface area contributed by atoms with Crippen LogP contribution in [0.1, 0.15) is 17.5 Å². The smallest absolute Gasteiger partial charge is 0.319 e. The lowest BCUT2D eigenvalue weighted by atomic mass is 10.0. The monoisotopic (exact) mass is 433 g/mol. The molecule has 1 N–H and O–H groups in total. The Morgan fingerprint density at radius 1 is 1.30 bits per heavy atom. The molecule has 9 heteroatoms. The van der Waals surface area contributed by atoms with E-state index >= 15 is 0 Å². The van der Waals surface area contributed by atoms with Crippen molar-refractivity contribution in [2.24, 2.45) is 0 Å². The highest BCUT2D eigenvalue weighted by Crippen LogP contribution is 2.36. The van der Waals surface area contributed by atoms with Gasteiger partial charge in [-0.1, -0.05) is 23.2 Å². The van der Waals surface area contributed by atoms with Crippen LogP contribution in [-0.2, 0) is 16.9 Å². The molecule has 1 fully saturated rings. The number of imide groups is 1. The van der Waals surface area contributed by atoms with E-state index in [0.717, 1.165) is 13.6 Å². The quantitative estimate of drug-likeness (QED) is 0.582. The van der Waals surface area contributed by atoms with Gasteiger partial charge in [0.05, 0.1) is 21.0 Å². The minimum absolute atomic E-state index is 0.0355. The summed E-state index contributed by atoms with van der Waals surface area (Å²) in [5, 5.41) is 3.34. The van der Waals surface area contributed by atoms with Crippen molar-refractivity contribution < 1.29 is 9.59 Å². The van der Waals surface area contributed by atoms with Crippen LogP contribution in [0.5, 0.6) is 0 Å². The number of urea groups is 1. The maximum Gasteiger partial charge on any atom is 0.325 e. The van der Waals surface area contributed by atoms with Gasteiger partial charge in [0, 0.05) is 4.88 Å². The number of carbonyl (C=O) groups excluding carboxylic acids is 2. The van der Waals surface area contributed by atoms with Crippen molar-refractivity contribution in [2.75, 3.05) is 0 Å². The average molecular weight is 435 g/mol. The number of nitrogens with one attached hydrogen (secondary N) is 1. The second-order valence-corrected chi connectivity index (χ2v) is 8.37. The van der Waals surface area contributed by atoms with Crippen LogP contribution < -0.4 is 5.32 Å². The van der Waals surface area contributed by atoms with E-state index in [9.17, 15) is 9.59 Å². The summed E-state index contributed by atoms with van der Waals surface area (Å²) in [6, 6.07) is 6.29. The number of halogens is 3. The van der Waals surface area contributed by atoms with E-state index in [2.05, 4.69) is 26.2 Å². The largest absolute Gasteiger partial charge is 0.325 e. The fourth-order valence-corrected chi connectivity index (χ4v) is 4.12. The standard InChI is InChI=1S/C14H10BrCl2N3O2S/c1-14(9-3-4-10(15)23-9)12(21)20(13(22)19-14)6-8-7(16)2-5-11(17)18-8/h2-5H,6H2,1H3,(H,19,22). The minimum atomic E-state index is -1.10. The molecule has 5 nitrogen and oxygen atoms in total. The normalized spacial score (nSPS) is 21.0. The maximum absolute atomic E-state index is 12.8. The van der Waals surface area contributed by atoms with E-state index in [-0.39, 0.29) is 17.6 Å². The van der Waals surface area contributed by atoms with Crippen molar-refractivity contribution in [3.8, 4) is 0 Å². The van der Waals surface area contributed by atoms with E-state index in [4.69, 9.17) is 23.2 Å². The van der Waals surface area contributed by atoms with Gasteiger partial charge in [-0.15, -0.1) is 11.3 Å². The van der Waals surface area contributed by atoms with Crippen LogP contribution >= 0.6 is 50.5 Å². The number of aromatic nitrogens is 1. The highest BCUT2D eigenvalue weighted by atomic mass is 79.9. The highest BCUT2D eigenvalue weighted by Gasteiger charge is 2.50. The summed E-state index contributed by atoms with van der Waals surface area (Å²) in [6.45, 7) is 1.64. The zero-order valence-corrected chi connectivity index (χ0v) is 15.7. The summed E-state index contributed by atoms with van der Waals surface area (Å²) in [5.74, 6) is -0.352. The molecule has 0 aliphatic carbocycles. The SMILES string of the molecule is CC1(c2ccc(Br)s2)NC(=O)N(Cc2nc(Cl)ccc2Cl)C1=O. The molecule has 2 aromatic heterocycles. The molecular formula is C14H10BrCl2N3O2S. The molecule has 0 radical (unpaired) electrons. The molecule has 3 rings (SSSR count). The van der Waals surface area contributed by atoms with Crippen molar-refractivity contribution >= 4 is 62.4 Å². The lowest BCUT2D eigenvalue weighted by Gasteiger charge is -2.20. The number of thiophene rings is 1. The van der Waals surface area contributed by atoms with Gasteiger partial charge in [0.15, 0.2) is 5.54 Å². The van der Waals surface area contributed by atoms with Crippen LogP contribution in [0.15, 0.2) is 28.1 Å². The van der Waals surface area contributed by atoms with Gasteiger partial charge in [0.2, 0.25) is 0 Å².